The number of thioether (sulfide) groups is 1. The molecule has 0 spiro atoms. The van der Waals surface area contributed by atoms with Crippen molar-refractivity contribution < 1.29 is 0 Å². The van der Waals surface area contributed by atoms with E-state index in [1.54, 1.807) is 24.1 Å². The molecule has 13 heavy (non-hydrogen) atoms. The lowest BCUT2D eigenvalue weighted by Crippen LogP contribution is -2.02. The van der Waals surface area contributed by atoms with E-state index >= 15 is 0 Å². The van der Waals surface area contributed by atoms with Gasteiger partial charge in [0.05, 0.1) is 6.33 Å². The van der Waals surface area contributed by atoms with E-state index in [0.29, 0.717) is 16.6 Å². The van der Waals surface area contributed by atoms with Crippen LogP contribution >= 0.6 is 11.8 Å². The summed E-state index contributed by atoms with van der Waals surface area (Å²) in [6.07, 6.45) is 5.13. The van der Waals surface area contributed by atoms with Gasteiger partial charge in [-0.15, -0.1) is 11.8 Å². The van der Waals surface area contributed by atoms with Crippen molar-refractivity contribution in [3.63, 3.8) is 0 Å². The number of hydrogen-bond donors (Lipinski definition) is 1. The van der Waals surface area contributed by atoms with Gasteiger partial charge in [0.15, 0.2) is 0 Å². The predicted molar refractivity (Wildman–Crippen MR) is 53.3 cm³/mol. The highest BCUT2D eigenvalue weighted by atomic mass is 32.2. The van der Waals surface area contributed by atoms with Crippen molar-refractivity contribution in [3.05, 3.63) is 12.0 Å². The van der Waals surface area contributed by atoms with Crippen LogP contribution in [-0.2, 0) is 7.05 Å². The maximum Gasteiger partial charge on any atom is 0.206 e. The first kappa shape index (κ1) is 9.61. The summed E-state index contributed by atoms with van der Waals surface area (Å²) in [6.45, 7) is 0. The summed E-state index contributed by atoms with van der Waals surface area (Å²) in [5.41, 5.74) is 6.27. The SMILES string of the molecule is CSC(=NC#N)c1ncn(C)c1N. The zero-order chi connectivity index (χ0) is 9.84. The summed E-state index contributed by atoms with van der Waals surface area (Å²) < 4.78 is 1.68. The van der Waals surface area contributed by atoms with E-state index in [1.165, 1.54) is 11.8 Å². The van der Waals surface area contributed by atoms with Crippen LogP contribution in [0.5, 0.6) is 0 Å². The zero-order valence-electron chi connectivity index (χ0n) is 7.35. The number of nitrogens with zero attached hydrogens (tertiary/aromatic N) is 4. The third kappa shape index (κ3) is 1.81. The molecule has 0 amide bonds. The molecule has 1 aromatic rings. The number of aliphatic imine (C=N–C) groups is 1. The Kier molecular flexibility index (Phi) is 2.93. The normalized spacial score (nSPS) is 11.3. The van der Waals surface area contributed by atoms with Crippen molar-refractivity contribution >= 4 is 22.6 Å². The Morgan fingerprint density at radius 2 is 2.54 bits per heavy atom. The Morgan fingerprint density at radius 3 is 2.92 bits per heavy atom. The Balaban J connectivity index is 3.14. The number of aryl methyl sites for hydroxylation is 1. The van der Waals surface area contributed by atoms with Crippen LogP contribution in [0, 0.1) is 11.5 Å². The van der Waals surface area contributed by atoms with Crippen LogP contribution < -0.4 is 5.73 Å². The van der Waals surface area contributed by atoms with Crippen LogP contribution in [-0.4, -0.2) is 20.9 Å². The Labute approximate surface area is 80.3 Å². The molecule has 0 fully saturated rings. The van der Waals surface area contributed by atoms with Gasteiger partial charge in [-0.2, -0.15) is 10.3 Å². The number of anilines is 1. The molecule has 0 aliphatic carbocycles. The van der Waals surface area contributed by atoms with Crippen molar-refractivity contribution in [1.29, 1.82) is 5.26 Å². The van der Waals surface area contributed by atoms with E-state index in [9.17, 15) is 0 Å². The van der Waals surface area contributed by atoms with E-state index in [0.717, 1.165) is 0 Å². The van der Waals surface area contributed by atoms with E-state index < -0.39 is 0 Å². The topological polar surface area (TPSA) is 80.0 Å². The van der Waals surface area contributed by atoms with E-state index in [2.05, 4.69) is 9.98 Å². The molecule has 0 aliphatic rings. The lowest BCUT2D eigenvalue weighted by Gasteiger charge is -1.98. The Bertz CT molecular complexity index is 373. The van der Waals surface area contributed by atoms with Crippen LogP contribution in [0.4, 0.5) is 5.82 Å². The van der Waals surface area contributed by atoms with Gasteiger partial charge in [0.25, 0.3) is 0 Å². The van der Waals surface area contributed by atoms with Crippen LogP contribution in [0.2, 0.25) is 0 Å². The largest absolute Gasteiger partial charge is 0.383 e. The fourth-order valence-corrected chi connectivity index (χ4v) is 1.33. The number of nitrogens with two attached hydrogens (primary N) is 1. The number of imidazole rings is 1. The highest BCUT2D eigenvalue weighted by molar-refractivity contribution is 8.13. The van der Waals surface area contributed by atoms with Crippen LogP contribution in [0.25, 0.3) is 0 Å². The second-order valence-corrected chi connectivity index (χ2v) is 3.11. The molecule has 0 unspecified atom stereocenters. The molecule has 0 aliphatic heterocycles. The number of rotatable bonds is 1. The molecule has 68 valence electrons. The van der Waals surface area contributed by atoms with Gasteiger partial charge in [0.2, 0.25) is 6.19 Å². The van der Waals surface area contributed by atoms with Crippen molar-refractivity contribution in [2.24, 2.45) is 12.0 Å². The van der Waals surface area contributed by atoms with Gasteiger partial charge in [-0.05, 0) is 6.26 Å². The molecule has 1 heterocycles. The Morgan fingerprint density at radius 1 is 1.85 bits per heavy atom. The highest BCUT2D eigenvalue weighted by Gasteiger charge is 2.11. The molecule has 0 saturated heterocycles. The standard InChI is InChI=1S/C7H9N5S/c1-12-4-11-5(6(12)9)7(13-2)10-3-8/h4H,9H2,1-2H3. The lowest BCUT2D eigenvalue weighted by atomic mass is 10.4. The molecule has 1 rings (SSSR count). The molecule has 0 bridgehead atoms. The van der Waals surface area contributed by atoms with Crippen molar-refractivity contribution in [2.75, 3.05) is 12.0 Å². The fourth-order valence-electron chi connectivity index (χ4n) is 0.845. The smallest absolute Gasteiger partial charge is 0.206 e. The summed E-state index contributed by atoms with van der Waals surface area (Å²) in [7, 11) is 1.79. The molecular weight excluding hydrogens is 186 g/mol. The van der Waals surface area contributed by atoms with Gasteiger partial charge in [0, 0.05) is 7.05 Å². The highest BCUT2D eigenvalue weighted by Crippen LogP contribution is 2.15. The molecule has 6 heteroatoms. The van der Waals surface area contributed by atoms with Gasteiger partial charge < -0.3 is 10.3 Å². The first-order chi connectivity index (χ1) is 6.20. The minimum absolute atomic E-state index is 0.517. The molecule has 5 nitrogen and oxygen atoms in total. The van der Waals surface area contributed by atoms with Gasteiger partial charge in [-0.3, -0.25) is 0 Å². The maximum absolute atomic E-state index is 8.40. The molecule has 2 N–H and O–H groups in total. The lowest BCUT2D eigenvalue weighted by molar-refractivity contribution is 0.925. The van der Waals surface area contributed by atoms with E-state index in [-0.39, 0.29) is 0 Å². The second kappa shape index (κ2) is 3.96. The minimum Gasteiger partial charge on any atom is -0.383 e. The molecule has 0 radical (unpaired) electrons. The van der Waals surface area contributed by atoms with Crippen molar-refractivity contribution in [3.8, 4) is 6.19 Å². The number of aromatic nitrogens is 2. The minimum atomic E-state index is 0.517. The molecule has 1 aromatic heterocycles. The first-order valence-electron chi connectivity index (χ1n) is 3.48. The third-order valence-corrected chi connectivity index (χ3v) is 2.20. The monoisotopic (exact) mass is 195 g/mol. The molecule has 0 aromatic carbocycles. The fraction of sp³-hybridized carbons (Fsp3) is 0.286. The van der Waals surface area contributed by atoms with E-state index in [4.69, 9.17) is 11.0 Å². The summed E-state index contributed by atoms with van der Waals surface area (Å²) in [6, 6.07) is 0. The summed E-state index contributed by atoms with van der Waals surface area (Å²) in [5.74, 6) is 0.517. The van der Waals surface area contributed by atoms with Crippen molar-refractivity contribution in [1.82, 2.24) is 9.55 Å². The summed E-state index contributed by atoms with van der Waals surface area (Å²) in [5, 5.41) is 8.94. The quantitative estimate of drug-likeness (QED) is 0.404. The Hall–Kier alpha value is -1.48. The molecule has 0 atom stereocenters. The van der Waals surface area contributed by atoms with Crippen LogP contribution in [0.1, 0.15) is 5.69 Å². The van der Waals surface area contributed by atoms with Gasteiger partial charge in [-0.25, -0.2) is 4.98 Å². The average molecular weight is 195 g/mol. The predicted octanol–water partition coefficient (Wildman–Crippen LogP) is 0.593. The number of nitrogen functional groups attached to an aromatic ring is 1. The first-order valence-corrected chi connectivity index (χ1v) is 4.71. The average Bonchev–Trinajstić information content (AvgIpc) is 2.45. The van der Waals surface area contributed by atoms with Crippen LogP contribution in [0.15, 0.2) is 11.3 Å². The molecular formula is C7H9N5S. The maximum atomic E-state index is 8.40. The second-order valence-electron chi connectivity index (χ2n) is 2.31. The number of nitriles is 1. The van der Waals surface area contributed by atoms with E-state index in [1.807, 2.05) is 6.26 Å². The van der Waals surface area contributed by atoms with Crippen LogP contribution in [0.3, 0.4) is 0 Å². The number of hydrogen-bond acceptors (Lipinski definition) is 5. The van der Waals surface area contributed by atoms with Gasteiger partial charge in [0.1, 0.15) is 16.6 Å². The molecule has 0 saturated carbocycles. The summed E-state index contributed by atoms with van der Waals surface area (Å²) >= 11 is 1.35. The third-order valence-electron chi connectivity index (χ3n) is 1.53. The van der Waals surface area contributed by atoms with Crippen molar-refractivity contribution in [2.45, 2.75) is 0 Å². The van der Waals surface area contributed by atoms with Gasteiger partial charge >= 0.3 is 0 Å². The zero-order valence-corrected chi connectivity index (χ0v) is 8.17. The summed E-state index contributed by atoms with van der Waals surface area (Å²) in [4.78, 5) is 7.66. The van der Waals surface area contributed by atoms with Gasteiger partial charge in [-0.1, -0.05) is 0 Å².